The molecule has 0 bridgehead atoms. The van der Waals surface area contributed by atoms with E-state index in [4.69, 9.17) is 9.84 Å². The average Bonchev–Trinajstić information content (AvgIpc) is 3.28. The molecular weight excluding hydrogens is 758 g/mol. The van der Waals surface area contributed by atoms with Crippen molar-refractivity contribution in [2.75, 3.05) is 6.16 Å². The van der Waals surface area contributed by atoms with Gasteiger partial charge >= 0.3 is 11.9 Å². The van der Waals surface area contributed by atoms with E-state index < -0.39 is 13.1 Å². The molecule has 0 saturated carbocycles. The molecule has 0 spiro atoms. The van der Waals surface area contributed by atoms with Gasteiger partial charge in [-0.05, 0) is 35.1 Å². The van der Waals surface area contributed by atoms with Gasteiger partial charge in [0, 0.05) is 23.2 Å². The van der Waals surface area contributed by atoms with Crippen LogP contribution in [0.25, 0.3) is 0 Å². The van der Waals surface area contributed by atoms with E-state index >= 15 is 0 Å². The Bertz CT molecular complexity index is 2150. The lowest BCUT2D eigenvalue weighted by atomic mass is 10.0. The fourth-order valence-electron chi connectivity index (χ4n) is 5.83. The van der Waals surface area contributed by atoms with E-state index in [2.05, 4.69) is 15.8 Å². The molecular formula is C49H52N3O6P. The summed E-state index contributed by atoms with van der Waals surface area (Å²) in [4.78, 5) is 34.6. The summed E-state index contributed by atoms with van der Waals surface area (Å²) in [6.45, 7) is 4.36. The highest BCUT2D eigenvalue weighted by Crippen LogP contribution is 2.43. The van der Waals surface area contributed by atoms with Gasteiger partial charge in [-0.3, -0.25) is 14.4 Å². The number of ether oxygens (including phenoxy) is 1. The first-order valence-corrected chi connectivity index (χ1v) is 21.4. The zero-order valence-corrected chi connectivity index (χ0v) is 34.4. The third kappa shape index (κ3) is 16.5. The van der Waals surface area contributed by atoms with E-state index in [0.29, 0.717) is 26.0 Å². The van der Waals surface area contributed by atoms with E-state index in [9.17, 15) is 18.9 Å². The molecule has 2 N–H and O–H groups in total. The minimum Gasteiger partial charge on any atom is -0.481 e. The van der Waals surface area contributed by atoms with Gasteiger partial charge in [-0.2, -0.15) is 5.11 Å². The van der Waals surface area contributed by atoms with Gasteiger partial charge in [0.1, 0.15) is 13.7 Å². The van der Waals surface area contributed by atoms with Crippen LogP contribution in [-0.2, 0) is 49.7 Å². The van der Waals surface area contributed by atoms with Crippen molar-refractivity contribution in [3.8, 4) is 0 Å². The number of carbonyl (C=O) groups excluding carboxylic acids is 2. The van der Waals surface area contributed by atoms with Crippen LogP contribution in [0.5, 0.6) is 0 Å². The predicted molar refractivity (Wildman–Crippen MR) is 235 cm³/mol. The van der Waals surface area contributed by atoms with Crippen LogP contribution in [0, 0.1) is 11.8 Å². The van der Waals surface area contributed by atoms with E-state index in [1.807, 2.05) is 189 Å². The van der Waals surface area contributed by atoms with Crippen LogP contribution in [0.1, 0.15) is 42.5 Å². The number of nitrogens with zero attached hydrogens (tertiary/aromatic N) is 2. The summed E-state index contributed by atoms with van der Waals surface area (Å²) in [6.07, 6.45) is 1.66. The third-order valence-corrected chi connectivity index (χ3v) is 12.3. The average molecular weight is 810 g/mol. The number of carbonyl (C=O) groups is 3. The number of carboxylic acid groups (broad SMARTS) is 1. The Morgan fingerprint density at radius 1 is 0.576 bits per heavy atom. The van der Waals surface area contributed by atoms with Crippen molar-refractivity contribution in [3.63, 3.8) is 0 Å². The van der Waals surface area contributed by atoms with E-state index in [-0.39, 0.29) is 36.3 Å². The van der Waals surface area contributed by atoms with Gasteiger partial charge in [-0.25, -0.2) is 5.43 Å². The molecule has 0 saturated heterocycles. The van der Waals surface area contributed by atoms with Crippen molar-refractivity contribution in [3.05, 3.63) is 204 Å². The zero-order chi connectivity index (χ0) is 42.1. The molecule has 1 amide bonds. The summed E-state index contributed by atoms with van der Waals surface area (Å²) in [5.74, 6) is -1.60. The number of nitrogens with one attached hydrogen (secondary N) is 1. The fourth-order valence-corrected chi connectivity index (χ4v) is 8.47. The Morgan fingerprint density at radius 2 is 0.966 bits per heavy atom. The molecule has 2 atom stereocenters. The third-order valence-electron chi connectivity index (χ3n) is 9.16. The molecule has 0 aromatic heterocycles. The van der Waals surface area contributed by atoms with Crippen molar-refractivity contribution in [1.82, 2.24) is 5.43 Å². The largest absolute Gasteiger partial charge is 0.481 e. The van der Waals surface area contributed by atoms with E-state index in [1.54, 1.807) is 6.92 Å². The molecule has 10 heteroatoms. The minimum atomic E-state index is -2.90. The summed E-state index contributed by atoms with van der Waals surface area (Å²) in [7, 11) is -2.90. The Hall–Kier alpha value is -6.44. The van der Waals surface area contributed by atoms with Gasteiger partial charge in [0.2, 0.25) is 5.91 Å². The molecule has 59 heavy (non-hydrogen) atoms. The van der Waals surface area contributed by atoms with Crippen LogP contribution in [0.4, 0.5) is 0 Å². The maximum absolute atomic E-state index is 13.8. The van der Waals surface area contributed by atoms with Gasteiger partial charge in [0.25, 0.3) is 0 Å². The van der Waals surface area contributed by atoms with Crippen LogP contribution in [0.15, 0.2) is 192 Å². The molecule has 304 valence electrons. The molecule has 0 aliphatic heterocycles. The van der Waals surface area contributed by atoms with Crippen LogP contribution < -0.4 is 16.0 Å². The van der Waals surface area contributed by atoms with Crippen molar-refractivity contribution in [2.45, 2.75) is 46.3 Å². The molecule has 6 rings (SSSR count). The Balaban J connectivity index is 0.000000214. The standard InChI is InChI=1S/C22H22N3O2P.C17H18O2.C10H12O2/c26-22(24-25-23-18-19-10-4-1-5-11-19)16-17-28(27,20-12-6-2-7-13-20)21-14-8-3-9-15-21;1-14(12-15-8-4-2-5-9-15)17(18)19-13-16-10-6-3-7-11-16;1-8(10(11)12)7-9-5-3-2-4-6-9/h1-15H,16-18H2,(H,23,24,26);2-11,14H,12-13H2,1H3;2-6,8H,7H2,1H3,(H,11,12)/t;14-;8-/m.00/s1. The van der Waals surface area contributed by atoms with Crippen molar-refractivity contribution in [2.24, 2.45) is 22.2 Å². The van der Waals surface area contributed by atoms with Crippen LogP contribution in [0.2, 0.25) is 0 Å². The first-order valence-electron chi connectivity index (χ1n) is 19.5. The molecule has 6 aromatic carbocycles. The van der Waals surface area contributed by atoms with Gasteiger partial charge in [-0.1, -0.05) is 201 Å². The monoisotopic (exact) mass is 809 g/mol. The Morgan fingerprint density at radius 3 is 1.41 bits per heavy atom. The Labute approximate surface area is 347 Å². The summed E-state index contributed by atoms with van der Waals surface area (Å²) < 4.78 is 19.1. The molecule has 0 aliphatic rings. The highest BCUT2D eigenvalue weighted by Gasteiger charge is 2.27. The second-order valence-corrected chi connectivity index (χ2v) is 16.9. The maximum Gasteiger partial charge on any atom is 0.309 e. The quantitative estimate of drug-likeness (QED) is 0.0433. The molecule has 0 aliphatic carbocycles. The van der Waals surface area contributed by atoms with Gasteiger partial charge in [-0.15, -0.1) is 0 Å². The number of carboxylic acids is 1. The van der Waals surface area contributed by atoms with Crippen molar-refractivity contribution in [1.29, 1.82) is 0 Å². The normalized spacial score (nSPS) is 11.8. The SMILES string of the molecule is C[C@@H](Cc1ccccc1)C(=O)O.C[C@@H](Cc1ccccc1)C(=O)OCc1ccccc1.O=C(CCP(=O)(c1ccccc1)c1ccccc1)NN=NCc1ccccc1. The number of hydrogen-bond acceptors (Lipinski definition) is 7. The second kappa shape index (κ2) is 25.0. The number of hydrogen-bond donors (Lipinski definition) is 2. The van der Waals surface area contributed by atoms with Crippen LogP contribution in [0.3, 0.4) is 0 Å². The maximum atomic E-state index is 13.8. The number of benzene rings is 6. The lowest BCUT2D eigenvalue weighted by molar-refractivity contribution is -0.149. The van der Waals surface area contributed by atoms with Gasteiger partial charge < -0.3 is 14.4 Å². The minimum absolute atomic E-state index is 0.103. The van der Waals surface area contributed by atoms with Crippen LogP contribution >= 0.6 is 7.14 Å². The number of aliphatic carboxylic acids is 1. The summed E-state index contributed by atoms with van der Waals surface area (Å²) in [6, 6.07) is 57.7. The lowest BCUT2D eigenvalue weighted by Gasteiger charge is -2.18. The lowest BCUT2D eigenvalue weighted by Crippen LogP contribution is -2.23. The zero-order valence-electron chi connectivity index (χ0n) is 33.5. The highest BCUT2D eigenvalue weighted by molar-refractivity contribution is 7.78. The van der Waals surface area contributed by atoms with Gasteiger partial charge in [0.05, 0.1) is 18.4 Å². The molecule has 0 radical (unpaired) electrons. The molecule has 0 heterocycles. The topological polar surface area (TPSA) is 134 Å². The summed E-state index contributed by atoms with van der Waals surface area (Å²) in [5.41, 5.74) is 6.69. The molecule has 6 aromatic rings. The van der Waals surface area contributed by atoms with E-state index in [1.165, 1.54) is 0 Å². The highest BCUT2D eigenvalue weighted by atomic mass is 31.2. The first kappa shape index (κ1) is 45.3. The second-order valence-electron chi connectivity index (χ2n) is 13.9. The molecule has 0 unspecified atom stereocenters. The summed E-state index contributed by atoms with van der Waals surface area (Å²) >= 11 is 0. The summed E-state index contributed by atoms with van der Waals surface area (Å²) in [5, 5.41) is 17.9. The predicted octanol–water partition coefficient (Wildman–Crippen LogP) is 9.63. The van der Waals surface area contributed by atoms with Crippen molar-refractivity contribution >= 4 is 35.6 Å². The van der Waals surface area contributed by atoms with E-state index in [0.717, 1.165) is 32.9 Å². The number of esters is 1. The Kier molecular flexibility index (Phi) is 19.2. The number of amides is 1. The first-order chi connectivity index (χ1) is 28.6. The smallest absolute Gasteiger partial charge is 0.309 e. The number of rotatable bonds is 16. The molecule has 9 nitrogen and oxygen atoms in total. The fraction of sp³-hybridized carbons (Fsp3) is 0.204. The van der Waals surface area contributed by atoms with Crippen molar-refractivity contribution < 1.29 is 28.8 Å². The molecule has 0 fully saturated rings. The van der Waals surface area contributed by atoms with Crippen LogP contribution in [-0.4, -0.2) is 29.1 Å². The van der Waals surface area contributed by atoms with Gasteiger partial charge in [0.15, 0.2) is 0 Å².